The summed E-state index contributed by atoms with van der Waals surface area (Å²) in [5.41, 5.74) is 5.54. The molecule has 7 nitrogen and oxygen atoms in total. The maximum atomic E-state index is 13.3. The fraction of sp³-hybridized carbons (Fsp3) is 0.333. The Morgan fingerprint density at radius 3 is 2.97 bits per heavy atom. The minimum atomic E-state index is -0.543. The number of nitrogens with zero attached hydrogens (tertiary/aromatic N) is 2. The van der Waals surface area contributed by atoms with Crippen LogP contribution in [0, 0.1) is 6.92 Å². The van der Waals surface area contributed by atoms with Crippen LogP contribution in [0.4, 0.5) is 10.5 Å². The first-order valence-electron chi connectivity index (χ1n) is 12.9. The molecule has 0 saturated carbocycles. The number of allylic oxidation sites excluding steroid dienone is 4. The van der Waals surface area contributed by atoms with Gasteiger partial charge < -0.3 is 19.5 Å². The smallest absolute Gasteiger partial charge is 0.415 e. The van der Waals surface area contributed by atoms with Crippen molar-refractivity contribution in [2.75, 3.05) is 31.6 Å². The molecule has 190 valence electrons. The van der Waals surface area contributed by atoms with Gasteiger partial charge in [-0.1, -0.05) is 29.9 Å². The Kier molecular flexibility index (Phi) is 6.18. The summed E-state index contributed by atoms with van der Waals surface area (Å²) in [7, 11) is 1.69. The Labute approximate surface area is 217 Å². The average Bonchev–Trinajstić information content (AvgIpc) is 3.08. The Bertz CT molecular complexity index is 1350. The van der Waals surface area contributed by atoms with Gasteiger partial charge >= 0.3 is 6.09 Å². The van der Waals surface area contributed by atoms with Crippen molar-refractivity contribution in [1.29, 1.82) is 0 Å². The van der Waals surface area contributed by atoms with E-state index in [2.05, 4.69) is 47.6 Å². The topological polar surface area (TPSA) is 72.9 Å². The highest BCUT2D eigenvalue weighted by Crippen LogP contribution is 2.45. The van der Waals surface area contributed by atoms with E-state index in [0.717, 1.165) is 59.7 Å². The first-order chi connectivity index (χ1) is 18.1. The van der Waals surface area contributed by atoms with Gasteiger partial charge in [-0.05, 0) is 68.4 Å². The molecule has 1 aliphatic carbocycles. The van der Waals surface area contributed by atoms with Gasteiger partial charge in [0.05, 0.1) is 5.69 Å². The third kappa shape index (κ3) is 4.28. The number of ether oxygens (including phenoxy) is 3. The van der Waals surface area contributed by atoms with Crippen LogP contribution in [0.2, 0.25) is 0 Å². The maximum Gasteiger partial charge on any atom is 0.415 e. The first-order valence-corrected chi connectivity index (χ1v) is 12.9. The summed E-state index contributed by atoms with van der Waals surface area (Å²) in [5.74, 6) is 1.29. The van der Waals surface area contributed by atoms with Crippen LogP contribution in [0.1, 0.15) is 36.0 Å². The van der Waals surface area contributed by atoms with Crippen LogP contribution < -0.4 is 15.0 Å². The van der Waals surface area contributed by atoms with E-state index >= 15 is 0 Å². The van der Waals surface area contributed by atoms with Gasteiger partial charge in [-0.2, -0.15) is 0 Å². The number of anilines is 1. The molecule has 0 radical (unpaired) electrons. The lowest BCUT2D eigenvalue weighted by molar-refractivity contribution is -0.0178. The van der Waals surface area contributed by atoms with E-state index in [1.165, 1.54) is 5.56 Å². The van der Waals surface area contributed by atoms with Crippen LogP contribution in [0.25, 0.3) is 5.57 Å². The SMILES string of the molecule is COC1C=CC=C2Oc3ncccc3C(=CCCN3C(=O)OC4(CCNCC4)c4cc(C)ccc43)C=C21. The third-order valence-electron chi connectivity index (χ3n) is 7.54. The number of piperidine rings is 1. The fourth-order valence-corrected chi connectivity index (χ4v) is 5.63. The molecule has 1 aromatic carbocycles. The Hall–Kier alpha value is -3.68. The van der Waals surface area contributed by atoms with Crippen molar-refractivity contribution in [2.24, 2.45) is 0 Å². The van der Waals surface area contributed by atoms with Gasteiger partial charge in [0.15, 0.2) is 0 Å². The molecule has 2 aromatic rings. The molecule has 6 rings (SSSR count). The molecule has 1 unspecified atom stereocenters. The lowest BCUT2D eigenvalue weighted by Crippen LogP contribution is -2.50. The van der Waals surface area contributed by atoms with Crippen molar-refractivity contribution in [2.45, 2.75) is 37.9 Å². The van der Waals surface area contributed by atoms with Crippen LogP contribution in [-0.4, -0.2) is 43.9 Å². The molecule has 1 spiro atoms. The molecule has 1 aromatic heterocycles. The molecule has 3 aliphatic heterocycles. The molecule has 1 saturated heterocycles. The van der Waals surface area contributed by atoms with E-state index in [-0.39, 0.29) is 12.2 Å². The summed E-state index contributed by atoms with van der Waals surface area (Å²) in [6.45, 7) is 4.27. The van der Waals surface area contributed by atoms with Gasteiger partial charge in [0.1, 0.15) is 17.5 Å². The van der Waals surface area contributed by atoms with E-state index in [9.17, 15) is 4.79 Å². The molecule has 1 atom stereocenters. The van der Waals surface area contributed by atoms with Gasteiger partial charge in [-0.3, -0.25) is 4.90 Å². The number of nitrogens with one attached hydrogen (secondary N) is 1. The number of carbonyl (C=O) groups is 1. The van der Waals surface area contributed by atoms with Crippen LogP contribution in [0.5, 0.6) is 5.88 Å². The molecular weight excluding hydrogens is 466 g/mol. The number of carbonyl (C=O) groups excluding carboxylic acids is 1. The second-order valence-electron chi connectivity index (χ2n) is 9.86. The molecule has 1 fully saturated rings. The van der Waals surface area contributed by atoms with Crippen molar-refractivity contribution >= 4 is 17.4 Å². The number of benzene rings is 1. The summed E-state index contributed by atoms with van der Waals surface area (Å²) in [5, 5.41) is 3.39. The van der Waals surface area contributed by atoms with E-state index in [1.807, 2.05) is 30.4 Å². The number of methoxy groups -OCH3 is 1. The second-order valence-corrected chi connectivity index (χ2v) is 9.86. The van der Waals surface area contributed by atoms with Crippen LogP contribution >= 0.6 is 0 Å². The molecule has 4 aliphatic rings. The number of pyridine rings is 1. The number of aromatic nitrogens is 1. The highest BCUT2D eigenvalue weighted by atomic mass is 16.6. The third-order valence-corrected chi connectivity index (χ3v) is 7.54. The number of hydrogen-bond acceptors (Lipinski definition) is 6. The van der Waals surface area contributed by atoms with E-state index in [4.69, 9.17) is 14.2 Å². The molecule has 1 amide bonds. The lowest BCUT2D eigenvalue weighted by Gasteiger charge is -2.44. The number of fused-ring (bicyclic) bond motifs is 4. The summed E-state index contributed by atoms with van der Waals surface area (Å²) in [4.78, 5) is 19.6. The van der Waals surface area contributed by atoms with Gasteiger partial charge in [0.2, 0.25) is 5.88 Å². The normalized spacial score (nSPS) is 22.8. The standard InChI is InChI=1S/C30H31N3O4/c1-20-10-11-25-24(18-20)30(12-15-31-16-13-30)37-29(34)33(25)17-5-6-21-19-23-26(35-2)8-3-9-27(23)36-28-22(21)7-4-14-32-28/h3-4,6-11,14,18-19,26,31H,5,12-13,15-17H2,1-2H3. The van der Waals surface area contributed by atoms with Crippen molar-refractivity contribution in [1.82, 2.24) is 10.3 Å². The van der Waals surface area contributed by atoms with Gasteiger partial charge in [0.25, 0.3) is 0 Å². The zero-order chi connectivity index (χ0) is 25.4. The number of rotatable bonds is 4. The van der Waals surface area contributed by atoms with E-state index in [0.29, 0.717) is 18.8 Å². The predicted octanol–water partition coefficient (Wildman–Crippen LogP) is 5.19. The highest BCUT2D eigenvalue weighted by molar-refractivity contribution is 5.92. The minimum Gasteiger partial charge on any atom is -0.438 e. The molecule has 0 bridgehead atoms. The summed E-state index contributed by atoms with van der Waals surface area (Å²) < 4.78 is 18.0. The van der Waals surface area contributed by atoms with Crippen molar-refractivity contribution < 1.29 is 19.0 Å². The largest absolute Gasteiger partial charge is 0.438 e. The minimum absolute atomic E-state index is 0.203. The number of aryl methyl sites for hydroxylation is 1. The zero-order valence-electron chi connectivity index (χ0n) is 21.2. The average molecular weight is 498 g/mol. The van der Waals surface area contributed by atoms with Crippen LogP contribution in [0.3, 0.4) is 0 Å². The van der Waals surface area contributed by atoms with Gasteiger partial charge in [0, 0.05) is 49.4 Å². The molecule has 1 N–H and O–H groups in total. The Balaban J connectivity index is 1.32. The second kappa shape index (κ2) is 9.65. The number of amides is 1. The van der Waals surface area contributed by atoms with Crippen LogP contribution in [0.15, 0.2) is 78.2 Å². The summed E-state index contributed by atoms with van der Waals surface area (Å²) in [6.07, 6.45) is 13.6. The first kappa shape index (κ1) is 23.7. The predicted molar refractivity (Wildman–Crippen MR) is 142 cm³/mol. The quantitative estimate of drug-likeness (QED) is 0.627. The summed E-state index contributed by atoms with van der Waals surface area (Å²) in [6, 6.07) is 10.2. The van der Waals surface area contributed by atoms with Gasteiger partial charge in [-0.25, -0.2) is 9.78 Å². The van der Waals surface area contributed by atoms with E-state index < -0.39 is 5.60 Å². The van der Waals surface area contributed by atoms with Crippen molar-refractivity contribution in [3.63, 3.8) is 0 Å². The molecule has 4 heterocycles. The molecular formula is C30H31N3O4. The molecule has 37 heavy (non-hydrogen) atoms. The van der Waals surface area contributed by atoms with Crippen LogP contribution in [-0.2, 0) is 15.1 Å². The lowest BCUT2D eigenvalue weighted by atomic mass is 9.82. The monoisotopic (exact) mass is 497 g/mol. The van der Waals surface area contributed by atoms with Crippen molar-refractivity contribution in [3.8, 4) is 5.88 Å². The van der Waals surface area contributed by atoms with Crippen molar-refractivity contribution in [3.05, 3.63) is 94.9 Å². The summed E-state index contributed by atoms with van der Waals surface area (Å²) >= 11 is 0. The zero-order valence-corrected chi connectivity index (χ0v) is 21.2. The molecule has 7 heteroatoms. The fourth-order valence-electron chi connectivity index (χ4n) is 5.63. The van der Waals surface area contributed by atoms with E-state index in [1.54, 1.807) is 18.2 Å². The Morgan fingerprint density at radius 1 is 1.27 bits per heavy atom. The maximum absolute atomic E-state index is 13.3. The van der Waals surface area contributed by atoms with Gasteiger partial charge in [-0.15, -0.1) is 0 Å². The number of hydrogen-bond donors (Lipinski definition) is 1. The highest BCUT2D eigenvalue weighted by Gasteiger charge is 2.45. The Morgan fingerprint density at radius 2 is 2.14 bits per heavy atom.